The maximum absolute atomic E-state index is 11.1. The highest BCUT2D eigenvalue weighted by molar-refractivity contribution is 5.94. The van der Waals surface area contributed by atoms with Gasteiger partial charge in [-0.1, -0.05) is 0 Å². The van der Waals surface area contributed by atoms with Gasteiger partial charge in [-0.3, -0.25) is 10.1 Å². The van der Waals surface area contributed by atoms with Crippen LogP contribution in [0.15, 0.2) is 0 Å². The Kier molecular flexibility index (Phi) is 2.65. The molecule has 2 unspecified atom stereocenters. The van der Waals surface area contributed by atoms with Gasteiger partial charge in [-0.05, 0) is 19.3 Å². The number of rotatable bonds is 1. The third kappa shape index (κ3) is 2.20. The molecule has 1 aliphatic carbocycles. The molecule has 5 nitrogen and oxygen atoms in total. The maximum atomic E-state index is 11.1. The van der Waals surface area contributed by atoms with Crippen molar-refractivity contribution in [1.82, 2.24) is 5.32 Å². The lowest BCUT2D eigenvalue weighted by molar-refractivity contribution is -0.123. The van der Waals surface area contributed by atoms with Crippen molar-refractivity contribution in [2.45, 2.75) is 25.3 Å². The minimum Gasteiger partial charge on any atom is -0.351 e. The molecule has 68 valence electrons. The second kappa shape index (κ2) is 3.53. The quantitative estimate of drug-likeness (QED) is 0.487. The minimum atomic E-state index is -0.791. The normalized spacial score (nSPS) is 28.4. The molecular formula is C7H13N3O2. The Balaban J connectivity index is 2.38. The number of carbonyl (C=O) groups is 2. The summed E-state index contributed by atoms with van der Waals surface area (Å²) in [4.78, 5) is 21.4. The lowest BCUT2D eigenvalue weighted by Gasteiger charge is -2.06. The second-order valence-corrected chi connectivity index (χ2v) is 3.12. The van der Waals surface area contributed by atoms with E-state index in [1.807, 2.05) is 5.32 Å². The standard InChI is InChI=1S/C7H13N3O2/c8-5-2-1-4(3-5)6(11)10-7(9)12/h4-5H,1-3,8H2,(H3,9,10,11,12). The van der Waals surface area contributed by atoms with Gasteiger partial charge in [-0.25, -0.2) is 4.79 Å². The Morgan fingerprint density at radius 2 is 2.00 bits per heavy atom. The lowest BCUT2D eigenvalue weighted by atomic mass is 10.1. The van der Waals surface area contributed by atoms with E-state index in [1.165, 1.54) is 0 Å². The molecule has 0 saturated heterocycles. The van der Waals surface area contributed by atoms with Gasteiger partial charge in [-0.2, -0.15) is 0 Å². The fourth-order valence-corrected chi connectivity index (χ4v) is 1.48. The molecule has 0 spiro atoms. The first-order valence-electron chi connectivity index (χ1n) is 3.95. The molecule has 2 atom stereocenters. The van der Waals surface area contributed by atoms with Gasteiger partial charge in [0.05, 0.1) is 0 Å². The number of carbonyl (C=O) groups excluding carboxylic acids is 2. The zero-order chi connectivity index (χ0) is 9.14. The van der Waals surface area contributed by atoms with Crippen LogP contribution in [0.2, 0.25) is 0 Å². The van der Waals surface area contributed by atoms with Gasteiger partial charge in [-0.15, -0.1) is 0 Å². The van der Waals surface area contributed by atoms with Gasteiger partial charge in [0.25, 0.3) is 0 Å². The summed E-state index contributed by atoms with van der Waals surface area (Å²) in [6.07, 6.45) is 2.25. The third-order valence-electron chi connectivity index (χ3n) is 2.09. The van der Waals surface area contributed by atoms with Crippen LogP contribution in [0.5, 0.6) is 0 Å². The molecular weight excluding hydrogens is 158 g/mol. The average molecular weight is 171 g/mol. The van der Waals surface area contributed by atoms with E-state index in [0.29, 0.717) is 6.42 Å². The molecule has 12 heavy (non-hydrogen) atoms. The summed E-state index contributed by atoms with van der Waals surface area (Å²) in [5, 5.41) is 2.05. The van der Waals surface area contributed by atoms with Crippen LogP contribution in [0.1, 0.15) is 19.3 Å². The number of nitrogens with two attached hydrogens (primary N) is 2. The maximum Gasteiger partial charge on any atom is 0.318 e. The van der Waals surface area contributed by atoms with E-state index in [-0.39, 0.29) is 17.9 Å². The number of hydrogen-bond donors (Lipinski definition) is 3. The number of amides is 3. The van der Waals surface area contributed by atoms with Crippen molar-refractivity contribution in [2.24, 2.45) is 17.4 Å². The largest absolute Gasteiger partial charge is 0.351 e. The molecule has 1 saturated carbocycles. The Hall–Kier alpha value is -1.10. The zero-order valence-corrected chi connectivity index (χ0v) is 6.75. The Labute approximate surface area is 70.5 Å². The molecule has 1 aliphatic rings. The smallest absolute Gasteiger partial charge is 0.318 e. The molecule has 0 aromatic carbocycles. The van der Waals surface area contributed by atoms with Crippen molar-refractivity contribution in [1.29, 1.82) is 0 Å². The van der Waals surface area contributed by atoms with Crippen LogP contribution in [0.25, 0.3) is 0 Å². The fourth-order valence-electron chi connectivity index (χ4n) is 1.48. The van der Waals surface area contributed by atoms with Gasteiger partial charge in [0.2, 0.25) is 5.91 Å². The van der Waals surface area contributed by atoms with Crippen molar-refractivity contribution in [3.8, 4) is 0 Å². The summed E-state index contributed by atoms with van der Waals surface area (Å²) < 4.78 is 0. The van der Waals surface area contributed by atoms with Crippen molar-refractivity contribution in [2.75, 3.05) is 0 Å². The van der Waals surface area contributed by atoms with Crippen LogP contribution in [0.3, 0.4) is 0 Å². The highest BCUT2D eigenvalue weighted by Gasteiger charge is 2.28. The van der Waals surface area contributed by atoms with E-state index < -0.39 is 6.03 Å². The molecule has 1 rings (SSSR count). The van der Waals surface area contributed by atoms with Crippen molar-refractivity contribution in [3.63, 3.8) is 0 Å². The first kappa shape index (κ1) is 8.99. The zero-order valence-electron chi connectivity index (χ0n) is 6.75. The first-order chi connectivity index (χ1) is 5.59. The SMILES string of the molecule is NC(=O)NC(=O)C1CCC(N)C1. The summed E-state index contributed by atoms with van der Waals surface area (Å²) in [6, 6.07) is -0.700. The average Bonchev–Trinajstić information content (AvgIpc) is 2.34. The molecule has 0 aromatic heterocycles. The van der Waals surface area contributed by atoms with Crippen molar-refractivity contribution >= 4 is 11.9 Å². The van der Waals surface area contributed by atoms with E-state index in [4.69, 9.17) is 11.5 Å². The van der Waals surface area contributed by atoms with Crippen LogP contribution in [-0.4, -0.2) is 18.0 Å². The summed E-state index contributed by atoms with van der Waals surface area (Å²) in [6.45, 7) is 0. The van der Waals surface area contributed by atoms with Gasteiger partial charge in [0.1, 0.15) is 0 Å². The Bertz CT molecular complexity index is 205. The van der Waals surface area contributed by atoms with Gasteiger partial charge >= 0.3 is 6.03 Å². The van der Waals surface area contributed by atoms with Crippen LogP contribution in [0.4, 0.5) is 4.79 Å². The van der Waals surface area contributed by atoms with Crippen LogP contribution in [0, 0.1) is 5.92 Å². The molecule has 0 aliphatic heterocycles. The third-order valence-corrected chi connectivity index (χ3v) is 2.09. The number of hydrogen-bond acceptors (Lipinski definition) is 3. The molecule has 0 bridgehead atoms. The number of nitrogens with one attached hydrogen (secondary N) is 1. The predicted molar refractivity (Wildman–Crippen MR) is 43.0 cm³/mol. The molecule has 0 heterocycles. The topological polar surface area (TPSA) is 98.2 Å². The number of primary amides is 1. The van der Waals surface area contributed by atoms with Gasteiger partial charge < -0.3 is 11.5 Å². The number of urea groups is 1. The van der Waals surface area contributed by atoms with E-state index in [2.05, 4.69) is 0 Å². The van der Waals surface area contributed by atoms with Gasteiger partial charge in [0.15, 0.2) is 0 Å². The van der Waals surface area contributed by atoms with E-state index in [9.17, 15) is 9.59 Å². The molecule has 0 aromatic rings. The van der Waals surface area contributed by atoms with Gasteiger partial charge in [0, 0.05) is 12.0 Å². The Morgan fingerprint density at radius 3 is 2.42 bits per heavy atom. The molecule has 5 heteroatoms. The number of imide groups is 1. The van der Waals surface area contributed by atoms with Crippen molar-refractivity contribution < 1.29 is 9.59 Å². The highest BCUT2D eigenvalue weighted by Crippen LogP contribution is 2.23. The van der Waals surface area contributed by atoms with Crippen LogP contribution in [-0.2, 0) is 4.79 Å². The van der Waals surface area contributed by atoms with Crippen LogP contribution >= 0.6 is 0 Å². The second-order valence-electron chi connectivity index (χ2n) is 3.12. The summed E-state index contributed by atoms with van der Waals surface area (Å²) >= 11 is 0. The summed E-state index contributed by atoms with van der Waals surface area (Å²) in [5.74, 6) is -0.428. The van der Waals surface area contributed by atoms with Crippen LogP contribution < -0.4 is 16.8 Å². The minimum absolute atomic E-state index is 0.0913. The molecule has 0 radical (unpaired) electrons. The fraction of sp³-hybridized carbons (Fsp3) is 0.714. The summed E-state index contributed by atoms with van der Waals surface area (Å²) in [7, 11) is 0. The summed E-state index contributed by atoms with van der Waals surface area (Å²) in [5.41, 5.74) is 10.4. The highest BCUT2D eigenvalue weighted by atomic mass is 16.2. The molecule has 1 fully saturated rings. The monoisotopic (exact) mass is 171 g/mol. The predicted octanol–water partition coefficient (Wildman–Crippen LogP) is -0.691. The van der Waals surface area contributed by atoms with E-state index in [0.717, 1.165) is 12.8 Å². The lowest BCUT2D eigenvalue weighted by Crippen LogP contribution is -2.38. The van der Waals surface area contributed by atoms with Crippen molar-refractivity contribution in [3.05, 3.63) is 0 Å². The molecule has 5 N–H and O–H groups in total. The first-order valence-corrected chi connectivity index (χ1v) is 3.95. The molecule has 3 amide bonds. The van der Waals surface area contributed by atoms with E-state index >= 15 is 0 Å². The van der Waals surface area contributed by atoms with E-state index in [1.54, 1.807) is 0 Å². The Morgan fingerprint density at radius 1 is 1.33 bits per heavy atom.